The molecule has 0 saturated heterocycles. The SMILES string of the molecule is Cn1nccc1CCSc1nnnn1CC(=O)O. The van der Waals surface area contributed by atoms with Crippen molar-refractivity contribution in [1.82, 2.24) is 30.0 Å². The second-order valence-electron chi connectivity index (χ2n) is 3.56. The number of hydrogen-bond acceptors (Lipinski definition) is 6. The number of hydrogen-bond donors (Lipinski definition) is 1. The second kappa shape index (κ2) is 5.63. The molecular weight excluding hydrogens is 256 g/mol. The van der Waals surface area contributed by atoms with Crippen LogP contribution in [0.15, 0.2) is 17.4 Å². The number of thioether (sulfide) groups is 1. The van der Waals surface area contributed by atoms with Gasteiger partial charge in [-0.05, 0) is 22.9 Å². The van der Waals surface area contributed by atoms with Gasteiger partial charge in [-0.2, -0.15) is 5.10 Å². The van der Waals surface area contributed by atoms with Crippen LogP contribution in [0, 0.1) is 0 Å². The Labute approximate surface area is 107 Å². The van der Waals surface area contributed by atoms with E-state index in [1.54, 1.807) is 10.9 Å². The first-order chi connectivity index (χ1) is 8.66. The third-order valence-electron chi connectivity index (χ3n) is 2.30. The number of aryl methyl sites for hydroxylation is 2. The summed E-state index contributed by atoms with van der Waals surface area (Å²) in [5.41, 5.74) is 1.11. The fourth-order valence-electron chi connectivity index (χ4n) is 1.42. The van der Waals surface area contributed by atoms with E-state index in [2.05, 4.69) is 20.6 Å². The quantitative estimate of drug-likeness (QED) is 0.726. The molecule has 0 aliphatic rings. The first kappa shape index (κ1) is 12.6. The highest BCUT2D eigenvalue weighted by Crippen LogP contribution is 2.15. The van der Waals surface area contributed by atoms with Gasteiger partial charge < -0.3 is 5.11 Å². The van der Waals surface area contributed by atoms with Crippen LogP contribution in [0.4, 0.5) is 0 Å². The molecule has 2 aromatic rings. The van der Waals surface area contributed by atoms with Crippen LogP contribution < -0.4 is 0 Å². The lowest BCUT2D eigenvalue weighted by atomic mass is 10.3. The Balaban J connectivity index is 1.89. The molecule has 0 aliphatic heterocycles. The highest BCUT2D eigenvalue weighted by Gasteiger charge is 2.10. The van der Waals surface area contributed by atoms with Gasteiger partial charge in [-0.25, -0.2) is 4.68 Å². The number of nitrogens with zero attached hydrogens (tertiary/aromatic N) is 6. The third-order valence-corrected chi connectivity index (χ3v) is 3.25. The van der Waals surface area contributed by atoms with Gasteiger partial charge >= 0.3 is 5.97 Å². The van der Waals surface area contributed by atoms with Gasteiger partial charge in [0.05, 0.1) is 0 Å². The van der Waals surface area contributed by atoms with Gasteiger partial charge in [0.25, 0.3) is 0 Å². The highest BCUT2D eigenvalue weighted by molar-refractivity contribution is 7.99. The maximum Gasteiger partial charge on any atom is 0.325 e. The van der Waals surface area contributed by atoms with E-state index in [0.29, 0.717) is 5.16 Å². The van der Waals surface area contributed by atoms with Crippen molar-refractivity contribution in [3.8, 4) is 0 Å². The summed E-state index contributed by atoms with van der Waals surface area (Å²) in [6.45, 7) is -0.221. The number of aliphatic carboxylic acids is 1. The molecular formula is C9H12N6O2S. The van der Waals surface area contributed by atoms with Gasteiger partial charge in [-0.15, -0.1) is 5.10 Å². The maximum absolute atomic E-state index is 10.6. The van der Waals surface area contributed by atoms with Crippen LogP contribution >= 0.6 is 11.8 Å². The van der Waals surface area contributed by atoms with Crippen LogP contribution in [0.3, 0.4) is 0 Å². The van der Waals surface area contributed by atoms with Gasteiger partial charge in [0.2, 0.25) is 5.16 Å². The molecule has 9 heteroatoms. The first-order valence-corrected chi connectivity index (χ1v) is 6.23. The summed E-state index contributed by atoms with van der Waals surface area (Å²) < 4.78 is 3.08. The third kappa shape index (κ3) is 3.06. The largest absolute Gasteiger partial charge is 0.480 e. The van der Waals surface area contributed by atoms with Crippen LogP contribution in [0.1, 0.15) is 5.69 Å². The van der Waals surface area contributed by atoms with Crippen molar-refractivity contribution < 1.29 is 9.90 Å². The van der Waals surface area contributed by atoms with Crippen LogP contribution in [-0.4, -0.2) is 46.8 Å². The lowest BCUT2D eigenvalue weighted by Gasteiger charge is -2.02. The monoisotopic (exact) mass is 268 g/mol. The molecule has 0 aliphatic carbocycles. The Morgan fingerprint density at radius 2 is 2.39 bits per heavy atom. The maximum atomic E-state index is 10.6. The first-order valence-electron chi connectivity index (χ1n) is 5.24. The zero-order valence-electron chi connectivity index (χ0n) is 9.72. The summed E-state index contributed by atoms with van der Waals surface area (Å²) in [6.07, 6.45) is 2.57. The van der Waals surface area contributed by atoms with E-state index >= 15 is 0 Å². The number of tetrazole rings is 1. The Kier molecular flexibility index (Phi) is 3.92. The Morgan fingerprint density at radius 1 is 1.56 bits per heavy atom. The number of carbonyl (C=O) groups is 1. The zero-order chi connectivity index (χ0) is 13.0. The van der Waals surface area contributed by atoms with E-state index in [1.165, 1.54) is 16.4 Å². The Hall–Kier alpha value is -1.90. The number of carboxylic acid groups (broad SMARTS) is 1. The Morgan fingerprint density at radius 3 is 3.06 bits per heavy atom. The molecule has 0 radical (unpaired) electrons. The molecule has 0 atom stereocenters. The van der Waals surface area contributed by atoms with E-state index in [0.717, 1.165) is 17.9 Å². The van der Waals surface area contributed by atoms with Gasteiger partial charge in [0, 0.05) is 24.7 Å². The average molecular weight is 268 g/mol. The van der Waals surface area contributed by atoms with E-state index in [1.807, 2.05) is 13.1 Å². The fraction of sp³-hybridized carbons (Fsp3) is 0.444. The molecule has 0 bridgehead atoms. The van der Waals surface area contributed by atoms with Crippen LogP contribution in [0.2, 0.25) is 0 Å². The molecule has 0 spiro atoms. The smallest absolute Gasteiger partial charge is 0.325 e. The van der Waals surface area contributed by atoms with Gasteiger partial charge in [0.1, 0.15) is 6.54 Å². The predicted octanol–water partition coefficient (Wildman–Crippen LogP) is -0.174. The lowest BCUT2D eigenvalue weighted by molar-refractivity contribution is -0.138. The molecule has 2 aromatic heterocycles. The summed E-state index contributed by atoms with van der Waals surface area (Å²) in [5.74, 6) is -0.199. The minimum absolute atomic E-state index is 0.221. The minimum atomic E-state index is -0.962. The average Bonchev–Trinajstić information content (AvgIpc) is 2.89. The normalized spacial score (nSPS) is 10.7. The molecule has 2 rings (SSSR count). The molecule has 0 unspecified atom stereocenters. The van der Waals surface area contributed by atoms with Crippen LogP contribution in [-0.2, 0) is 24.8 Å². The number of rotatable bonds is 6. The Bertz CT molecular complexity index is 537. The van der Waals surface area contributed by atoms with Crippen molar-refractivity contribution in [3.63, 3.8) is 0 Å². The molecule has 96 valence electrons. The molecule has 2 heterocycles. The van der Waals surface area contributed by atoms with Crippen molar-refractivity contribution in [2.45, 2.75) is 18.1 Å². The molecule has 0 aromatic carbocycles. The van der Waals surface area contributed by atoms with E-state index in [-0.39, 0.29) is 6.54 Å². The summed E-state index contributed by atoms with van der Waals surface area (Å²) in [7, 11) is 1.88. The fourth-order valence-corrected chi connectivity index (χ4v) is 2.26. The summed E-state index contributed by atoms with van der Waals surface area (Å²) in [4.78, 5) is 10.6. The molecule has 18 heavy (non-hydrogen) atoms. The number of carboxylic acids is 1. The second-order valence-corrected chi connectivity index (χ2v) is 4.62. The summed E-state index contributed by atoms with van der Waals surface area (Å²) in [5, 5.41) is 24.2. The minimum Gasteiger partial charge on any atom is -0.480 e. The van der Waals surface area contributed by atoms with Crippen LogP contribution in [0.5, 0.6) is 0 Å². The van der Waals surface area contributed by atoms with E-state index < -0.39 is 5.97 Å². The van der Waals surface area contributed by atoms with Crippen molar-refractivity contribution in [2.75, 3.05) is 5.75 Å². The topological polar surface area (TPSA) is 98.7 Å². The van der Waals surface area contributed by atoms with E-state index in [9.17, 15) is 4.79 Å². The van der Waals surface area contributed by atoms with E-state index in [4.69, 9.17) is 5.11 Å². The summed E-state index contributed by atoms with van der Waals surface area (Å²) >= 11 is 1.43. The van der Waals surface area contributed by atoms with Crippen molar-refractivity contribution >= 4 is 17.7 Å². The molecule has 1 N–H and O–H groups in total. The number of aromatic nitrogens is 6. The van der Waals surface area contributed by atoms with Crippen molar-refractivity contribution in [3.05, 3.63) is 18.0 Å². The lowest BCUT2D eigenvalue weighted by Crippen LogP contribution is -2.11. The van der Waals surface area contributed by atoms with Gasteiger partial charge in [-0.3, -0.25) is 9.48 Å². The summed E-state index contributed by atoms with van der Waals surface area (Å²) in [6, 6.07) is 1.95. The van der Waals surface area contributed by atoms with Gasteiger partial charge in [-0.1, -0.05) is 11.8 Å². The zero-order valence-corrected chi connectivity index (χ0v) is 10.5. The highest BCUT2D eigenvalue weighted by atomic mass is 32.2. The van der Waals surface area contributed by atoms with Crippen LogP contribution in [0.25, 0.3) is 0 Å². The molecule has 8 nitrogen and oxygen atoms in total. The molecule has 0 amide bonds. The predicted molar refractivity (Wildman–Crippen MR) is 63.1 cm³/mol. The standard InChI is InChI=1S/C9H12N6O2S/c1-14-7(2-4-10-14)3-5-18-9-11-12-13-15(9)6-8(16)17/h2,4H,3,5-6H2,1H3,(H,16,17). The van der Waals surface area contributed by atoms with Crippen molar-refractivity contribution in [1.29, 1.82) is 0 Å². The molecule has 0 fully saturated rings. The molecule has 0 saturated carbocycles. The van der Waals surface area contributed by atoms with Gasteiger partial charge in [0.15, 0.2) is 0 Å². The van der Waals surface area contributed by atoms with Crippen molar-refractivity contribution in [2.24, 2.45) is 7.05 Å².